The molecule has 1 aliphatic rings. The number of fused-ring (bicyclic) bond motifs is 1. The number of pyridine rings is 2. The predicted molar refractivity (Wildman–Crippen MR) is 108 cm³/mol. The molecule has 0 saturated carbocycles. The van der Waals surface area contributed by atoms with Crippen LogP contribution < -0.4 is 11.1 Å². The van der Waals surface area contributed by atoms with Gasteiger partial charge < -0.3 is 11.1 Å². The molecule has 4 rings (SSSR count). The van der Waals surface area contributed by atoms with Gasteiger partial charge in [-0.2, -0.15) is 0 Å². The Labute approximate surface area is 160 Å². The minimum Gasteiger partial charge on any atom is -0.326 e. The molecule has 4 heteroatoms. The molecule has 1 aliphatic carbocycles. The molecule has 2 aromatic heterocycles. The van der Waals surface area contributed by atoms with Crippen molar-refractivity contribution in [2.75, 3.05) is 0 Å². The number of nitrogens with two attached hydrogens (primary N) is 1. The molecule has 3 aromatic rings. The average molecular weight is 358 g/mol. The van der Waals surface area contributed by atoms with Crippen molar-refractivity contribution in [3.8, 4) is 0 Å². The molecule has 0 fully saturated rings. The highest BCUT2D eigenvalue weighted by Crippen LogP contribution is 2.37. The quantitative estimate of drug-likeness (QED) is 0.705. The third-order valence-corrected chi connectivity index (χ3v) is 5.37. The van der Waals surface area contributed by atoms with Crippen molar-refractivity contribution in [2.45, 2.75) is 44.8 Å². The first kappa shape index (κ1) is 17.8. The summed E-state index contributed by atoms with van der Waals surface area (Å²) in [4.78, 5) is 8.97. The summed E-state index contributed by atoms with van der Waals surface area (Å²) in [5, 5.41) is 3.50. The van der Waals surface area contributed by atoms with Gasteiger partial charge in [-0.05, 0) is 59.7 Å². The number of benzene rings is 1. The Bertz CT molecular complexity index is 892. The Morgan fingerprint density at radius 3 is 2.74 bits per heavy atom. The van der Waals surface area contributed by atoms with E-state index in [-0.39, 0.29) is 0 Å². The van der Waals surface area contributed by atoms with Crippen molar-refractivity contribution < 1.29 is 0 Å². The van der Waals surface area contributed by atoms with Gasteiger partial charge in [-0.3, -0.25) is 9.97 Å². The Kier molecular flexibility index (Phi) is 5.56. The summed E-state index contributed by atoms with van der Waals surface area (Å²) < 4.78 is 0. The van der Waals surface area contributed by atoms with E-state index in [1.165, 1.54) is 34.4 Å². The van der Waals surface area contributed by atoms with E-state index in [1.54, 1.807) is 0 Å². The van der Waals surface area contributed by atoms with Gasteiger partial charge in [0.1, 0.15) is 0 Å². The number of nitrogens with one attached hydrogen (secondary N) is 1. The van der Waals surface area contributed by atoms with Crippen LogP contribution in [0.25, 0.3) is 0 Å². The number of rotatable bonds is 6. The van der Waals surface area contributed by atoms with E-state index in [9.17, 15) is 0 Å². The molecule has 138 valence electrons. The monoisotopic (exact) mass is 358 g/mol. The highest BCUT2D eigenvalue weighted by Gasteiger charge is 2.24. The van der Waals surface area contributed by atoms with Crippen LogP contribution in [0.15, 0.2) is 60.9 Å². The summed E-state index contributed by atoms with van der Waals surface area (Å²) >= 11 is 0. The van der Waals surface area contributed by atoms with Gasteiger partial charge in [-0.1, -0.05) is 30.3 Å². The molecule has 0 saturated heterocycles. The first-order valence-electron chi connectivity index (χ1n) is 9.71. The Balaban J connectivity index is 1.55. The van der Waals surface area contributed by atoms with Crippen LogP contribution in [0.5, 0.6) is 0 Å². The summed E-state index contributed by atoms with van der Waals surface area (Å²) in [6.07, 6.45) is 7.16. The normalized spacial score (nSPS) is 16.1. The molecule has 0 aliphatic heterocycles. The van der Waals surface area contributed by atoms with Gasteiger partial charge in [0, 0.05) is 43.6 Å². The van der Waals surface area contributed by atoms with E-state index in [0.29, 0.717) is 12.5 Å². The Hall–Kier alpha value is -2.56. The summed E-state index contributed by atoms with van der Waals surface area (Å²) in [5.41, 5.74) is 13.6. The SMILES string of the molecule is NCc1ccc(CNCc2ccccn2)cc1C1CCCc2ncccc21. The zero-order valence-electron chi connectivity index (χ0n) is 15.6. The molecule has 1 aromatic carbocycles. The number of aryl methyl sites for hydroxylation is 1. The first-order valence-corrected chi connectivity index (χ1v) is 9.71. The van der Waals surface area contributed by atoms with E-state index in [2.05, 4.69) is 45.6 Å². The van der Waals surface area contributed by atoms with Gasteiger partial charge in [0.15, 0.2) is 0 Å². The van der Waals surface area contributed by atoms with Crippen LogP contribution in [0, 0.1) is 0 Å². The van der Waals surface area contributed by atoms with E-state index in [1.807, 2.05) is 30.6 Å². The fourth-order valence-electron chi connectivity index (χ4n) is 4.03. The van der Waals surface area contributed by atoms with E-state index < -0.39 is 0 Å². The van der Waals surface area contributed by atoms with Crippen LogP contribution in [0.1, 0.15) is 52.4 Å². The number of aromatic nitrogens is 2. The largest absolute Gasteiger partial charge is 0.326 e. The molecule has 3 N–H and O–H groups in total. The highest BCUT2D eigenvalue weighted by molar-refractivity contribution is 5.43. The lowest BCUT2D eigenvalue weighted by molar-refractivity contribution is 0.597. The van der Waals surface area contributed by atoms with Crippen LogP contribution in [-0.4, -0.2) is 9.97 Å². The van der Waals surface area contributed by atoms with Crippen LogP contribution in [0.3, 0.4) is 0 Å². The third kappa shape index (κ3) is 4.07. The van der Waals surface area contributed by atoms with E-state index in [4.69, 9.17) is 5.73 Å². The van der Waals surface area contributed by atoms with Gasteiger partial charge in [-0.15, -0.1) is 0 Å². The lowest BCUT2D eigenvalue weighted by atomic mass is 9.79. The molecule has 4 nitrogen and oxygen atoms in total. The number of nitrogens with zero attached hydrogens (tertiary/aromatic N) is 2. The minimum absolute atomic E-state index is 0.400. The van der Waals surface area contributed by atoms with Gasteiger partial charge in [-0.25, -0.2) is 0 Å². The van der Waals surface area contributed by atoms with Gasteiger partial charge in [0.2, 0.25) is 0 Å². The maximum Gasteiger partial charge on any atom is 0.0541 e. The van der Waals surface area contributed by atoms with Crippen LogP contribution in [-0.2, 0) is 26.1 Å². The van der Waals surface area contributed by atoms with Crippen molar-refractivity contribution in [1.29, 1.82) is 0 Å². The molecule has 0 amide bonds. The predicted octanol–water partition coefficient (Wildman–Crippen LogP) is 3.69. The van der Waals surface area contributed by atoms with Gasteiger partial charge in [0.05, 0.1) is 5.69 Å². The highest BCUT2D eigenvalue weighted by atomic mass is 14.9. The molecule has 0 radical (unpaired) electrons. The zero-order chi connectivity index (χ0) is 18.5. The molecule has 1 atom stereocenters. The maximum atomic E-state index is 6.06. The smallest absolute Gasteiger partial charge is 0.0541 e. The van der Waals surface area contributed by atoms with Gasteiger partial charge >= 0.3 is 0 Å². The lowest BCUT2D eigenvalue weighted by Crippen LogP contribution is -2.17. The van der Waals surface area contributed by atoms with Crippen molar-refractivity contribution in [1.82, 2.24) is 15.3 Å². The number of hydrogen-bond acceptors (Lipinski definition) is 4. The molecular formula is C23H26N4. The maximum absolute atomic E-state index is 6.06. The zero-order valence-corrected chi connectivity index (χ0v) is 15.6. The van der Waals surface area contributed by atoms with E-state index >= 15 is 0 Å². The standard InChI is InChI=1S/C23H26N4/c24-14-18-10-9-17(15-25-16-19-5-1-2-11-26-19)13-22(18)20-6-3-8-23-21(20)7-4-12-27-23/h1-2,4-5,7,9-13,20,25H,3,6,8,14-16,24H2. The molecule has 0 bridgehead atoms. The molecule has 1 unspecified atom stereocenters. The minimum atomic E-state index is 0.400. The van der Waals surface area contributed by atoms with Crippen molar-refractivity contribution >= 4 is 0 Å². The summed E-state index contributed by atoms with van der Waals surface area (Å²) in [6.45, 7) is 2.16. The van der Waals surface area contributed by atoms with Gasteiger partial charge in [0.25, 0.3) is 0 Å². The number of hydrogen-bond donors (Lipinski definition) is 2. The lowest BCUT2D eigenvalue weighted by Gasteiger charge is -2.27. The molecule has 27 heavy (non-hydrogen) atoms. The average Bonchev–Trinajstić information content (AvgIpc) is 2.74. The Morgan fingerprint density at radius 1 is 0.963 bits per heavy atom. The van der Waals surface area contributed by atoms with E-state index in [0.717, 1.165) is 31.6 Å². The van der Waals surface area contributed by atoms with Crippen molar-refractivity contribution in [2.24, 2.45) is 5.73 Å². The van der Waals surface area contributed by atoms with Crippen LogP contribution in [0.2, 0.25) is 0 Å². The van der Waals surface area contributed by atoms with Crippen molar-refractivity contribution in [3.05, 3.63) is 94.6 Å². The third-order valence-electron chi connectivity index (χ3n) is 5.37. The fourth-order valence-corrected chi connectivity index (χ4v) is 4.03. The molecule has 0 spiro atoms. The summed E-state index contributed by atoms with van der Waals surface area (Å²) in [6, 6.07) is 17.0. The second kappa shape index (κ2) is 8.42. The second-order valence-corrected chi connectivity index (χ2v) is 7.15. The second-order valence-electron chi connectivity index (χ2n) is 7.15. The Morgan fingerprint density at radius 2 is 1.89 bits per heavy atom. The van der Waals surface area contributed by atoms with Crippen LogP contribution >= 0.6 is 0 Å². The molecule has 2 heterocycles. The molecular weight excluding hydrogens is 332 g/mol. The first-order chi connectivity index (χ1) is 13.3. The van der Waals surface area contributed by atoms with Crippen LogP contribution in [0.4, 0.5) is 0 Å². The fraction of sp³-hybridized carbons (Fsp3) is 0.304. The summed E-state index contributed by atoms with van der Waals surface area (Å²) in [7, 11) is 0. The topological polar surface area (TPSA) is 63.8 Å². The summed E-state index contributed by atoms with van der Waals surface area (Å²) in [5.74, 6) is 0.400. The van der Waals surface area contributed by atoms with Crippen molar-refractivity contribution in [3.63, 3.8) is 0 Å².